The fourth-order valence-corrected chi connectivity index (χ4v) is 3.04. The highest BCUT2D eigenvalue weighted by Gasteiger charge is 2.31. The third kappa shape index (κ3) is 3.64. The first-order chi connectivity index (χ1) is 12.2. The Morgan fingerprint density at radius 3 is 2.28 bits per heavy atom. The summed E-state index contributed by atoms with van der Waals surface area (Å²) in [7, 11) is 0. The van der Waals surface area contributed by atoms with Crippen LogP contribution in [-0.4, -0.2) is 31.3 Å². The summed E-state index contributed by atoms with van der Waals surface area (Å²) in [6, 6.07) is 12.4. The van der Waals surface area contributed by atoms with Crippen LogP contribution < -0.4 is 5.32 Å². The average Bonchev–Trinajstić information content (AvgIpc) is 2.65. The van der Waals surface area contributed by atoms with E-state index in [-0.39, 0.29) is 11.6 Å². The number of carbonyl (C=O) groups is 2. The number of benzene rings is 2. The predicted octanol–water partition coefficient (Wildman–Crippen LogP) is 4.08. The van der Waals surface area contributed by atoms with E-state index < -0.39 is 0 Å². The Labute approximate surface area is 148 Å². The van der Waals surface area contributed by atoms with Crippen LogP contribution in [0, 0.1) is 0 Å². The van der Waals surface area contributed by atoms with Crippen LogP contribution in [0.2, 0.25) is 0 Å². The van der Waals surface area contributed by atoms with Gasteiger partial charge in [0.05, 0.1) is 5.56 Å². The number of nitrogens with one attached hydrogen (secondary N) is 1. The lowest BCUT2D eigenvalue weighted by atomic mass is 9.83. The van der Waals surface area contributed by atoms with Gasteiger partial charge in [-0.1, -0.05) is 49.7 Å². The van der Waals surface area contributed by atoms with Crippen LogP contribution in [0.3, 0.4) is 0 Å². The van der Waals surface area contributed by atoms with Crippen molar-refractivity contribution in [1.29, 1.82) is 0 Å². The van der Waals surface area contributed by atoms with Crippen LogP contribution >= 0.6 is 0 Å². The van der Waals surface area contributed by atoms with Gasteiger partial charge in [0.25, 0.3) is 0 Å². The zero-order chi connectivity index (χ0) is 17.6. The summed E-state index contributed by atoms with van der Waals surface area (Å²) in [6.45, 7) is 4.32. The van der Waals surface area contributed by atoms with E-state index in [4.69, 9.17) is 4.74 Å². The SMILES string of the molecule is CCCCOCCCNc1cccc2c1C(=O)c1ccccc1C2=O. The zero-order valence-corrected chi connectivity index (χ0v) is 14.5. The number of hydrogen-bond donors (Lipinski definition) is 1. The molecule has 1 aliphatic carbocycles. The van der Waals surface area contributed by atoms with Crippen molar-refractivity contribution in [3.05, 3.63) is 64.7 Å². The maximum absolute atomic E-state index is 12.9. The summed E-state index contributed by atoms with van der Waals surface area (Å²) in [5.74, 6) is -0.177. The Bertz CT molecular complexity index is 782. The maximum Gasteiger partial charge on any atom is 0.196 e. The van der Waals surface area contributed by atoms with Crippen LogP contribution in [0.25, 0.3) is 0 Å². The van der Waals surface area contributed by atoms with Gasteiger partial charge in [0, 0.05) is 42.1 Å². The second-order valence-electron chi connectivity index (χ2n) is 6.18. The molecule has 0 fully saturated rings. The Morgan fingerprint density at radius 2 is 1.52 bits per heavy atom. The van der Waals surface area contributed by atoms with Crippen LogP contribution in [0.15, 0.2) is 42.5 Å². The molecule has 0 heterocycles. The summed E-state index contributed by atoms with van der Waals surface area (Å²) in [4.78, 5) is 25.5. The minimum absolute atomic E-state index is 0.0863. The van der Waals surface area contributed by atoms with Crippen LogP contribution in [0.1, 0.15) is 58.0 Å². The first kappa shape index (κ1) is 17.4. The zero-order valence-electron chi connectivity index (χ0n) is 14.5. The second kappa shape index (κ2) is 8.08. The maximum atomic E-state index is 12.9. The molecule has 0 amide bonds. The molecule has 130 valence electrons. The predicted molar refractivity (Wildman–Crippen MR) is 98.6 cm³/mol. The van der Waals surface area contributed by atoms with Gasteiger partial charge in [-0.15, -0.1) is 0 Å². The molecular weight excluding hydrogens is 314 g/mol. The van der Waals surface area contributed by atoms with E-state index in [0.717, 1.165) is 31.6 Å². The van der Waals surface area contributed by atoms with Crippen molar-refractivity contribution in [3.63, 3.8) is 0 Å². The molecule has 4 heteroatoms. The topological polar surface area (TPSA) is 55.4 Å². The number of rotatable bonds is 8. The number of unbranched alkanes of at least 4 members (excludes halogenated alkanes) is 1. The molecule has 0 saturated carbocycles. The van der Waals surface area contributed by atoms with Gasteiger partial charge in [-0.2, -0.15) is 0 Å². The van der Waals surface area contributed by atoms with Gasteiger partial charge in [0.15, 0.2) is 11.6 Å². The quantitative estimate of drug-likeness (QED) is 0.629. The Morgan fingerprint density at radius 1 is 0.840 bits per heavy atom. The fourth-order valence-electron chi connectivity index (χ4n) is 3.04. The number of ketones is 2. The molecule has 0 aliphatic heterocycles. The van der Waals surface area contributed by atoms with E-state index in [0.29, 0.717) is 35.4 Å². The number of anilines is 1. The van der Waals surface area contributed by atoms with E-state index in [9.17, 15) is 9.59 Å². The van der Waals surface area contributed by atoms with E-state index in [2.05, 4.69) is 12.2 Å². The molecular formula is C21H23NO3. The van der Waals surface area contributed by atoms with Crippen molar-refractivity contribution < 1.29 is 14.3 Å². The van der Waals surface area contributed by atoms with Gasteiger partial charge in [-0.3, -0.25) is 9.59 Å². The standard InChI is InChI=1S/C21H23NO3/c1-2-3-13-25-14-7-12-22-18-11-6-10-17-19(18)21(24)16-9-5-4-8-15(16)20(17)23/h4-6,8-11,22H,2-3,7,12-14H2,1H3. The molecule has 0 unspecified atom stereocenters. The van der Waals surface area contributed by atoms with Crippen LogP contribution in [0.4, 0.5) is 5.69 Å². The van der Waals surface area contributed by atoms with E-state index >= 15 is 0 Å². The fraction of sp³-hybridized carbons (Fsp3) is 0.333. The summed E-state index contributed by atoms with van der Waals surface area (Å²) >= 11 is 0. The summed E-state index contributed by atoms with van der Waals surface area (Å²) in [6.07, 6.45) is 3.06. The molecule has 2 aromatic carbocycles. The molecule has 0 atom stereocenters. The highest BCUT2D eigenvalue weighted by Crippen LogP contribution is 2.31. The number of fused-ring (bicyclic) bond motifs is 2. The first-order valence-corrected chi connectivity index (χ1v) is 8.87. The summed E-state index contributed by atoms with van der Waals surface area (Å²) in [5.41, 5.74) is 2.66. The van der Waals surface area contributed by atoms with E-state index in [1.165, 1.54) is 0 Å². The monoisotopic (exact) mass is 337 g/mol. The first-order valence-electron chi connectivity index (χ1n) is 8.87. The van der Waals surface area contributed by atoms with Crippen molar-refractivity contribution in [3.8, 4) is 0 Å². The van der Waals surface area contributed by atoms with Gasteiger partial charge in [-0.25, -0.2) is 0 Å². The molecule has 0 spiro atoms. The molecule has 2 aromatic rings. The average molecular weight is 337 g/mol. The van der Waals surface area contributed by atoms with E-state index in [1.54, 1.807) is 30.3 Å². The number of hydrogen-bond acceptors (Lipinski definition) is 4. The highest BCUT2D eigenvalue weighted by atomic mass is 16.5. The molecule has 0 radical (unpaired) electrons. The lowest BCUT2D eigenvalue weighted by Crippen LogP contribution is -2.22. The van der Waals surface area contributed by atoms with Crippen LogP contribution in [0.5, 0.6) is 0 Å². The lowest BCUT2D eigenvalue weighted by molar-refractivity contribution is 0.0979. The molecule has 1 aliphatic rings. The summed E-state index contributed by atoms with van der Waals surface area (Å²) in [5, 5.41) is 3.29. The van der Waals surface area contributed by atoms with Crippen molar-refractivity contribution in [2.45, 2.75) is 26.2 Å². The third-order valence-corrected chi connectivity index (χ3v) is 4.38. The Balaban J connectivity index is 1.72. The van der Waals surface area contributed by atoms with Gasteiger partial charge in [-0.05, 0) is 18.9 Å². The smallest absolute Gasteiger partial charge is 0.196 e. The Kier molecular flexibility index (Phi) is 5.61. The Hall–Kier alpha value is -2.46. The van der Waals surface area contributed by atoms with Gasteiger partial charge in [0.1, 0.15) is 0 Å². The summed E-state index contributed by atoms with van der Waals surface area (Å²) < 4.78 is 5.55. The van der Waals surface area contributed by atoms with Crippen molar-refractivity contribution in [2.24, 2.45) is 0 Å². The van der Waals surface area contributed by atoms with Gasteiger partial charge >= 0.3 is 0 Å². The molecule has 0 aromatic heterocycles. The normalized spacial score (nSPS) is 12.7. The minimum atomic E-state index is -0.0903. The lowest BCUT2D eigenvalue weighted by Gasteiger charge is -2.20. The molecule has 4 nitrogen and oxygen atoms in total. The third-order valence-electron chi connectivity index (χ3n) is 4.38. The molecule has 1 N–H and O–H groups in total. The van der Waals surface area contributed by atoms with Crippen molar-refractivity contribution in [1.82, 2.24) is 0 Å². The second-order valence-corrected chi connectivity index (χ2v) is 6.18. The van der Waals surface area contributed by atoms with E-state index in [1.807, 2.05) is 12.1 Å². The largest absolute Gasteiger partial charge is 0.384 e. The molecule has 3 rings (SSSR count). The number of carbonyl (C=O) groups excluding carboxylic acids is 2. The highest BCUT2D eigenvalue weighted by molar-refractivity contribution is 6.30. The van der Waals surface area contributed by atoms with Crippen LogP contribution in [-0.2, 0) is 4.74 Å². The molecule has 0 saturated heterocycles. The van der Waals surface area contributed by atoms with Crippen molar-refractivity contribution >= 4 is 17.3 Å². The molecule has 25 heavy (non-hydrogen) atoms. The minimum Gasteiger partial charge on any atom is -0.384 e. The number of ether oxygens (including phenoxy) is 1. The van der Waals surface area contributed by atoms with Crippen molar-refractivity contribution in [2.75, 3.05) is 25.1 Å². The van der Waals surface area contributed by atoms with Gasteiger partial charge < -0.3 is 10.1 Å². The van der Waals surface area contributed by atoms with Gasteiger partial charge in [0.2, 0.25) is 0 Å². The molecule has 0 bridgehead atoms.